The number of rotatable bonds is 7. The van der Waals surface area contributed by atoms with Crippen LogP contribution in [0.4, 0.5) is 0 Å². The molecule has 38 heavy (non-hydrogen) atoms. The Morgan fingerprint density at radius 2 is 1.66 bits per heavy atom. The zero-order valence-corrected chi connectivity index (χ0v) is 21.8. The number of benzene rings is 1. The van der Waals surface area contributed by atoms with E-state index in [4.69, 9.17) is 14.2 Å². The fourth-order valence-corrected chi connectivity index (χ4v) is 5.00. The lowest BCUT2D eigenvalue weighted by Crippen LogP contribution is -2.42. The SMILES string of the molecule is COC(=O)c1ccc([C@H]2/C(=C(\O)c3c(C)[nH]c(C(=O)OC)c3C)C(=O)C(=O)N2CCN2CCOCC2)cc1. The fourth-order valence-electron chi connectivity index (χ4n) is 5.00. The van der Waals surface area contributed by atoms with E-state index in [-0.39, 0.29) is 29.1 Å². The third kappa shape index (κ3) is 4.94. The zero-order chi connectivity index (χ0) is 27.6. The quantitative estimate of drug-likeness (QED) is 0.240. The molecule has 3 heterocycles. The number of hydrogen-bond acceptors (Lipinski definition) is 9. The summed E-state index contributed by atoms with van der Waals surface area (Å²) in [6, 6.07) is 5.46. The van der Waals surface area contributed by atoms with Gasteiger partial charge in [0.2, 0.25) is 0 Å². The van der Waals surface area contributed by atoms with Crippen molar-refractivity contribution in [3.05, 3.63) is 63.5 Å². The summed E-state index contributed by atoms with van der Waals surface area (Å²) in [5, 5.41) is 11.5. The van der Waals surface area contributed by atoms with E-state index in [1.54, 1.807) is 38.1 Å². The first-order valence-corrected chi connectivity index (χ1v) is 12.2. The van der Waals surface area contributed by atoms with Crippen LogP contribution in [0.5, 0.6) is 0 Å². The molecular weight excluding hydrogens is 494 g/mol. The van der Waals surface area contributed by atoms with Crippen molar-refractivity contribution in [3.8, 4) is 0 Å². The minimum Gasteiger partial charge on any atom is -0.507 e. The molecule has 2 aromatic rings. The third-order valence-electron chi connectivity index (χ3n) is 7.01. The molecule has 0 aliphatic carbocycles. The van der Waals surface area contributed by atoms with Gasteiger partial charge in [0.05, 0.1) is 44.6 Å². The van der Waals surface area contributed by atoms with Crippen LogP contribution in [0.1, 0.15) is 49.3 Å². The second-order valence-corrected chi connectivity index (χ2v) is 9.18. The average molecular weight is 526 g/mol. The Labute approximate surface area is 220 Å². The number of methoxy groups -OCH3 is 2. The van der Waals surface area contributed by atoms with Gasteiger partial charge in [-0.2, -0.15) is 0 Å². The normalized spacial score (nSPS) is 19.6. The van der Waals surface area contributed by atoms with E-state index >= 15 is 0 Å². The number of Topliss-reactive ketones (excluding diaryl/α,β-unsaturated/α-hetero) is 1. The molecule has 2 aliphatic heterocycles. The maximum Gasteiger partial charge on any atom is 0.354 e. The van der Waals surface area contributed by atoms with Gasteiger partial charge in [-0.15, -0.1) is 0 Å². The molecule has 11 heteroatoms. The van der Waals surface area contributed by atoms with Gasteiger partial charge in [-0.05, 0) is 37.1 Å². The number of ketones is 1. The van der Waals surface area contributed by atoms with Crippen LogP contribution in [0.15, 0.2) is 29.8 Å². The largest absolute Gasteiger partial charge is 0.507 e. The van der Waals surface area contributed by atoms with Crippen LogP contribution in [0, 0.1) is 13.8 Å². The Hall–Kier alpha value is -3.96. The van der Waals surface area contributed by atoms with Crippen molar-refractivity contribution in [3.63, 3.8) is 0 Å². The molecule has 0 radical (unpaired) electrons. The van der Waals surface area contributed by atoms with Gasteiger partial charge >= 0.3 is 11.9 Å². The molecule has 2 saturated heterocycles. The zero-order valence-electron chi connectivity index (χ0n) is 21.8. The molecule has 202 valence electrons. The molecule has 1 amide bonds. The van der Waals surface area contributed by atoms with Gasteiger partial charge < -0.3 is 29.2 Å². The molecule has 1 aromatic carbocycles. The van der Waals surface area contributed by atoms with Gasteiger partial charge in [0.25, 0.3) is 11.7 Å². The van der Waals surface area contributed by atoms with Gasteiger partial charge in [0.1, 0.15) is 11.5 Å². The number of nitrogens with one attached hydrogen (secondary N) is 1. The standard InChI is InChI=1S/C27H31N3O8/c1-15-19(16(2)28-21(15)27(35)37-4)23(31)20-22(17-5-7-18(8-6-17)26(34)36-3)30(25(33)24(20)32)10-9-29-11-13-38-14-12-29/h5-8,22,28,31H,9-14H2,1-4H3/b23-20+/t22-/m0/s1. The fraction of sp³-hybridized carbons (Fsp3) is 0.407. The molecule has 4 rings (SSSR count). The van der Waals surface area contributed by atoms with E-state index in [0.29, 0.717) is 55.2 Å². The highest BCUT2D eigenvalue weighted by Crippen LogP contribution is 2.41. The maximum atomic E-state index is 13.4. The van der Waals surface area contributed by atoms with E-state index in [0.717, 1.165) is 0 Å². The van der Waals surface area contributed by atoms with Gasteiger partial charge in [-0.3, -0.25) is 14.5 Å². The van der Waals surface area contributed by atoms with Crippen LogP contribution in [0.25, 0.3) is 5.76 Å². The van der Waals surface area contributed by atoms with E-state index < -0.39 is 29.7 Å². The molecule has 2 aliphatic rings. The van der Waals surface area contributed by atoms with Crippen molar-refractivity contribution < 1.29 is 38.5 Å². The number of hydrogen-bond donors (Lipinski definition) is 2. The minimum atomic E-state index is -0.905. The van der Waals surface area contributed by atoms with Crippen LogP contribution < -0.4 is 0 Å². The number of nitrogens with zero attached hydrogens (tertiary/aromatic N) is 2. The maximum absolute atomic E-state index is 13.4. The first kappa shape index (κ1) is 27.1. The molecular formula is C27H31N3O8. The number of aryl methyl sites for hydroxylation is 1. The lowest BCUT2D eigenvalue weighted by molar-refractivity contribution is -0.140. The molecule has 2 N–H and O–H groups in total. The number of aromatic nitrogens is 1. The monoisotopic (exact) mass is 525 g/mol. The number of carbonyl (C=O) groups excluding carboxylic acids is 4. The van der Waals surface area contributed by atoms with Crippen molar-refractivity contribution >= 4 is 29.4 Å². The number of aliphatic hydroxyl groups is 1. The second kappa shape index (κ2) is 11.2. The summed E-state index contributed by atoms with van der Waals surface area (Å²) in [6.07, 6.45) is 0. The molecule has 11 nitrogen and oxygen atoms in total. The number of likely N-dealkylation sites (tertiary alicyclic amines) is 1. The van der Waals surface area contributed by atoms with E-state index in [9.17, 15) is 24.3 Å². The Kier molecular flexibility index (Phi) is 7.98. The summed E-state index contributed by atoms with van der Waals surface area (Å²) in [4.78, 5) is 57.3. The number of esters is 2. The number of aliphatic hydroxyl groups excluding tert-OH is 1. The predicted molar refractivity (Wildman–Crippen MR) is 136 cm³/mol. The Morgan fingerprint density at radius 1 is 1.03 bits per heavy atom. The molecule has 2 fully saturated rings. The number of ether oxygens (including phenoxy) is 3. The summed E-state index contributed by atoms with van der Waals surface area (Å²) in [5.41, 5.74) is 2.00. The third-order valence-corrected chi connectivity index (χ3v) is 7.01. The summed E-state index contributed by atoms with van der Waals surface area (Å²) >= 11 is 0. The van der Waals surface area contributed by atoms with Crippen molar-refractivity contribution in [2.45, 2.75) is 19.9 Å². The lowest BCUT2D eigenvalue weighted by atomic mass is 9.93. The predicted octanol–water partition coefficient (Wildman–Crippen LogP) is 1.96. The smallest absolute Gasteiger partial charge is 0.354 e. The highest BCUT2D eigenvalue weighted by molar-refractivity contribution is 6.46. The number of carbonyl (C=O) groups is 4. The molecule has 0 bridgehead atoms. The van der Waals surface area contributed by atoms with E-state index in [1.807, 2.05) is 0 Å². The van der Waals surface area contributed by atoms with Crippen LogP contribution in [-0.4, -0.2) is 97.1 Å². The van der Waals surface area contributed by atoms with E-state index in [1.165, 1.54) is 19.1 Å². The summed E-state index contributed by atoms with van der Waals surface area (Å²) in [6.45, 7) is 6.63. The van der Waals surface area contributed by atoms with Crippen molar-refractivity contribution in [1.29, 1.82) is 0 Å². The Morgan fingerprint density at radius 3 is 2.26 bits per heavy atom. The highest BCUT2D eigenvalue weighted by Gasteiger charge is 2.46. The first-order chi connectivity index (χ1) is 18.2. The first-order valence-electron chi connectivity index (χ1n) is 12.2. The van der Waals surface area contributed by atoms with Gasteiger partial charge in [-0.25, -0.2) is 9.59 Å². The number of amides is 1. The highest BCUT2D eigenvalue weighted by atomic mass is 16.5. The molecule has 0 saturated carbocycles. The molecule has 1 aromatic heterocycles. The molecule has 1 atom stereocenters. The van der Waals surface area contributed by atoms with Crippen molar-refractivity contribution in [2.75, 3.05) is 53.6 Å². The number of aromatic amines is 1. The summed E-state index contributed by atoms with van der Waals surface area (Å²) in [5.74, 6) is -3.09. The van der Waals surface area contributed by atoms with Crippen LogP contribution in [0.2, 0.25) is 0 Å². The number of morpholine rings is 1. The Balaban J connectivity index is 1.80. The summed E-state index contributed by atoms with van der Waals surface area (Å²) < 4.78 is 15.0. The van der Waals surface area contributed by atoms with Gasteiger partial charge in [-0.1, -0.05) is 12.1 Å². The van der Waals surface area contributed by atoms with Gasteiger partial charge in [0, 0.05) is 37.4 Å². The van der Waals surface area contributed by atoms with Crippen LogP contribution >= 0.6 is 0 Å². The molecule has 0 spiro atoms. The van der Waals surface area contributed by atoms with Crippen LogP contribution in [-0.2, 0) is 23.8 Å². The van der Waals surface area contributed by atoms with E-state index in [2.05, 4.69) is 9.88 Å². The topological polar surface area (TPSA) is 138 Å². The summed E-state index contributed by atoms with van der Waals surface area (Å²) in [7, 11) is 2.52. The van der Waals surface area contributed by atoms with Crippen LogP contribution in [0.3, 0.4) is 0 Å². The van der Waals surface area contributed by atoms with Gasteiger partial charge in [0.15, 0.2) is 0 Å². The average Bonchev–Trinajstić information content (AvgIpc) is 3.38. The van der Waals surface area contributed by atoms with Crippen molar-refractivity contribution in [2.24, 2.45) is 0 Å². The minimum absolute atomic E-state index is 0.0931. The molecule has 0 unspecified atom stereocenters. The second-order valence-electron chi connectivity index (χ2n) is 9.18. The Bertz CT molecular complexity index is 1290. The van der Waals surface area contributed by atoms with Crippen molar-refractivity contribution in [1.82, 2.24) is 14.8 Å². The number of H-pyrrole nitrogens is 1. The lowest BCUT2D eigenvalue weighted by Gasteiger charge is -2.31.